The van der Waals surface area contributed by atoms with Gasteiger partial charge in [-0.25, -0.2) is 8.78 Å². The van der Waals surface area contributed by atoms with E-state index in [1.165, 1.54) is 0 Å². The predicted molar refractivity (Wildman–Crippen MR) is 83.0 cm³/mol. The number of hydrogen-bond donors (Lipinski definition) is 1. The third kappa shape index (κ3) is 8.80. The molecule has 1 rings (SSSR count). The summed E-state index contributed by atoms with van der Waals surface area (Å²) in [6, 6.07) is 0.0122. The Bertz CT molecular complexity index is 591. The van der Waals surface area contributed by atoms with E-state index in [1.807, 2.05) is 0 Å². The van der Waals surface area contributed by atoms with Gasteiger partial charge in [0, 0.05) is 12.6 Å². The van der Waals surface area contributed by atoms with Crippen molar-refractivity contribution in [3.63, 3.8) is 0 Å². The molecule has 0 radical (unpaired) electrons. The van der Waals surface area contributed by atoms with Crippen molar-refractivity contribution in [2.24, 2.45) is 0 Å². The zero-order chi connectivity index (χ0) is 20.1. The molecule has 1 aromatic rings. The fourth-order valence-corrected chi connectivity index (χ4v) is 1.69. The van der Waals surface area contributed by atoms with E-state index in [9.17, 15) is 27.2 Å². The van der Waals surface area contributed by atoms with Crippen LogP contribution >= 0.6 is 0 Å². The van der Waals surface area contributed by atoms with Crippen molar-refractivity contribution in [2.45, 2.75) is 6.42 Å². The van der Waals surface area contributed by atoms with Gasteiger partial charge in [-0.2, -0.15) is 8.78 Å². The lowest BCUT2D eigenvalue weighted by Gasteiger charge is -2.08. The Morgan fingerprint density at radius 1 is 0.889 bits per heavy atom. The van der Waals surface area contributed by atoms with Gasteiger partial charge in [-0.05, 0) is 0 Å². The van der Waals surface area contributed by atoms with Crippen molar-refractivity contribution in [1.29, 1.82) is 0 Å². The zero-order valence-electron chi connectivity index (χ0n) is 14.3. The minimum Gasteiger partial charge on any atom is -0.420 e. The highest BCUT2D eigenvalue weighted by atomic mass is 19.2. The van der Waals surface area contributed by atoms with E-state index < -0.39 is 35.0 Å². The molecule has 1 N–H and O–H groups in total. The minimum atomic E-state index is -1.79. The van der Waals surface area contributed by atoms with E-state index in [2.05, 4.69) is 10.1 Å². The quantitative estimate of drug-likeness (QED) is 0.127. The number of carbonyl (C=O) groups excluding carboxylic acids is 2. The van der Waals surface area contributed by atoms with E-state index >= 15 is 0 Å². The average molecular weight is 397 g/mol. The van der Waals surface area contributed by atoms with Gasteiger partial charge in [-0.3, -0.25) is 9.59 Å². The SMILES string of the molecule is O=CNCCOCCOCCOCCC(=O)Oc1c(F)c(F)cc(F)c1F. The largest absolute Gasteiger partial charge is 0.420 e. The van der Waals surface area contributed by atoms with Gasteiger partial charge in [-0.15, -0.1) is 0 Å². The van der Waals surface area contributed by atoms with Crippen molar-refractivity contribution >= 4 is 12.4 Å². The van der Waals surface area contributed by atoms with Gasteiger partial charge in [0.25, 0.3) is 0 Å². The van der Waals surface area contributed by atoms with Gasteiger partial charge in [0.05, 0.1) is 46.1 Å². The number of esters is 1. The number of rotatable bonds is 14. The summed E-state index contributed by atoms with van der Waals surface area (Å²) in [5, 5.41) is 2.43. The van der Waals surface area contributed by atoms with Crippen LogP contribution in [0.1, 0.15) is 6.42 Å². The van der Waals surface area contributed by atoms with Gasteiger partial charge < -0.3 is 24.3 Å². The summed E-state index contributed by atoms with van der Waals surface area (Å²) in [4.78, 5) is 21.4. The normalized spacial score (nSPS) is 10.7. The molecule has 0 aliphatic rings. The standard InChI is InChI=1S/C16H19F4NO6/c17-11-9-12(18)15(20)16(14(11)19)27-13(23)1-3-24-5-7-26-8-6-25-4-2-21-10-22/h9-10H,1-8H2,(H,21,22). The summed E-state index contributed by atoms with van der Waals surface area (Å²) in [5.74, 6) is -9.47. The van der Waals surface area contributed by atoms with E-state index in [-0.39, 0.29) is 32.3 Å². The molecule has 11 heteroatoms. The van der Waals surface area contributed by atoms with Gasteiger partial charge in [0.1, 0.15) is 0 Å². The lowest BCUT2D eigenvalue weighted by molar-refractivity contribution is -0.136. The highest BCUT2D eigenvalue weighted by Crippen LogP contribution is 2.26. The highest BCUT2D eigenvalue weighted by molar-refractivity contribution is 5.72. The molecule has 1 aromatic carbocycles. The van der Waals surface area contributed by atoms with Crippen LogP contribution in [0.3, 0.4) is 0 Å². The van der Waals surface area contributed by atoms with Gasteiger partial charge in [0.15, 0.2) is 11.6 Å². The summed E-state index contributed by atoms with van der Waals surface area (Å²) in [6.45, 7) is 1.60. The van der Waals surface area contributed by atoms with Crippen molar-refractivity contribution in [1.82, 2.24) is 5.32 Å². The zero-order valence-corrected chi connectivity index (χ0v) is 14.3. The first-order valence-electron chi connectivity index (χ1n) is 7.91. The Morgan fingerprint density at radius 2 is 1.41 bits per heavy atom. The van der Waals surface area contributed by atoms with Crippen LogP contribution in [0.15, 0.2) is 6.07 Å². The summed E-state index contributed by atoms with van der Waals surface area (Å²) in [5.41, 5.74) is 0. The molecule has 0 unspecified atom stereocenters. The topological polar surface area (TPSA) is 83.1 Å². The number of hydrogen-bond acceptors (Lipinski definition) is 6. The lowest BCUT2D eigenvalue weighted by Crippen LogP contribution is -2.19. The third-order valence-electron chi connectivity index (χ3n) is 2.96. The second-order valence-corrected chi connectivity index (χ2v) is 4.93. The molecule has 0 fully saturated rings. The van der Waals surface area contributed by atoms with Crippen molar-refractivity contribution in [3.05, 3.63) is 29.3 Å². The fraction of sp³-hybridized carbons (Fsp3) is 0.500. The second kappa shape index (κ2) is 13.0. The first-order chi connectivity index (χ1) is 13.0. The Hall–Kier alpha value is -2.24. The number of amides is 1. The summed E-state index contributed by atoms with van der Waals surface area (Å²) >= 11 is 0. The lowest BCUT2D eigenvalue weighted by atomic mass is 10.3. The number of nitrogens with one attached hydrogen (secondary N) is 1. The first kappa shape index (κ1) is 22.8. The van der Waals surface area contributed by atoms with Crippen LogP contribution in [0.4, 0.5) is 17.6 Å². The second-order valence-electron chi connectivity index (χ2n) is 4.93. The summed E-state index contributed by atoms with van der Waals surface area (Å²) < 4.78 is 72.3. The molecular formula is C16H19F4NO6. The van der Waals surface area contributed by atoms with Crippen molar-refractivity contribution in [2.75, 3.05) is 46.2 Å². The Balaban J connectivity index is 2.11. The van der Waals surface area contributed by atoms with E-state index in [0.717, 1.165) is 0 Å². The molecule has 0 atom stereocenters. The van der Waals surface area contributed by atoms with Gasteiger partial charge >= 0.3 is 5.97 Å². The summed E-state index contributed by atoms with van der Waals surface area (Å²) in [6.07, 6.45) is 0.181. The van der Waals surface area contributed by atoms with Crippen LogP contribution in [0, 0.1) is 23.3 Å². The molecule has 7 nitrogen and oxygen atoms in total. The van der Waals surface area contributed by atoms with E-state index in [0.29, 0.717) is 32.8 Å². The Labute approximate surface area is 152 Å². The number of ether oxygens (including phenoxy) is 4. The highest BCUT2D eigenvalue weighted by Gasteiger charge is 2.22. The van der Waals surface area contributed by atoms with Gasteiger partial charge in [-0.1, -0.05) is 0 Å². The van der Waals surface area contributed by atoms with Crippen LogP contribution in [0.5, 0.6) is 5.75 Å². The first-order valence-corrected chi connectivity index (χ1v) is 7.91. The molecule has 0 aliphatic heterocycles. The van der Waals surface area contributed by atoms with E-state index in [1.54, 1.807) is 0 Å². The smallest absolute Gasteiger partial charge is 0.313 e. The monoisotopic (exact) mass is 397 g/mol. The molecule has 0 spiro atoms. The van der Waals surface area contributed by atoms with Crippen LogP contribution in [-0.2, 0) is 23.8 Å². The van der Waals surface area contributed by atoms with Crippen LogP contribution in [0.25, 0.3) is 0 Å². The number of benzene rings is 1. The average Bonchev–Trinajstić information content (AvgIpc) is 2.64. The third-order valence-corrected chi connectivity index (χ3v) is 2.96. The van der Waals surface area contributed by atoms with Gasteiger partial charge in [0.2, 0.25) is 23.8 Å². The maximum atomic E-state index is 13.3. The molecule has 0 saturated carbocycles. The summed E-state index contributed by atoms with van der Waals surface area (Å²) in [7, 11) is 0. The Morgan fingerprint density at radius 3 is 1.96 bits per heavy atom. The number of halogens is 4. The molecule has 152 valence electrons. The molecule has 0 heterocycles. The molecule has 1 amide bonds. The molecule has 0 aliphatic carbocycles. The predicted octanol–water partition coefficient (Wildman–Crippen LogP) is 1.33. The maximum Gasteiger partial charge on any atom is 0.313 e. The molecule has 0 saturated heterocycles. The molecule has 0 bridgehead atoms. The number of carbonyl (C=O) groups is 2. The van der Waals surface area contributed by atoms with E-state index in [4.69, 9.17) is 14.2 Å². The molecular weight excluding hydrogens is 378 g/mol. The molecule has 27 heavy (non-hydrogen) atoms. The van der Waals surface area contributed by atoms with Crippen LogP contribution in [-0.4, -0.2) is 58.6 Å². The molecule has 0 aromatic heterocycles. The van der Waals surface area contributed by atoms with Crippen LogP contribution in [0.2, 0.25) is 0 Å². The van der Waals surface area contributed by atoms with Crippen LogP contribution < -0.4 is 10.1 Å². The maximum absolute atomic E-state index is 13.3. The van der Waals surface area contributed by atoms with Crippen molar-refractivity contribution < 1.29 is 46.1 Å². The minimum absolute atomic E-state index is 0.0122. The fourth-order valence-electron chi connectivity index (χ4n) is 1.69. The Kier molecular flexibility index (Phi) is 11.0. The van der Waals surface area contributed by atoms with Crippen molar-refractivity contribution in [3.8, 4) is 5.75 Å².